The third-order valence-electron chi connectivity index (χ3n) is 3.86. The van der Waals surface area contributed by atoms with Crippen molar-refractivity contribution in [2.45, 2.75) is 31.6 Å². The molecule has 1 saturated heterocycles. The Kier molecular flexibility index (Phi) is 3.40. The van der Waals surface area contributed by atoms with Gasteiger partial charge in [0.2, 0.25) is 0 Å². The molecule has 1 aliphatic rings. The van der Waals surface area contributed by atoms with Crippen LogP contribution in [-0.2, 0) is 16.4 Å². The topological polar surface area (TPSA) is 104 Å². The molecule has 8 heteroatoms. The van der Waals surface area contributed by atoms with Gasteiger partial charge in [-0.15, -0.1) is 5.10 Å². The Bertz CT molecular complexity index is 769. The molecular weight excluding hydrogens is 290 g/mol. The highest BCUT2D eigenvalue weighted by Gasteiger charge is 2.32. The summed E-state index contributed by atoms with van der Waals surface area (Å²) in [4.78, 5) is 0. The minimum absolute atomic E-state index is 0.260. The first-order valence-electron chi connectivity index (χ1n) is 6.81. The van der Waals surface area contributed by atoms with Crippen molar-refractivity contribution in [2.24, 2.45) is 0 Å². The number of aromatic nitrogens is 4. The molecule has 3 rings (SSSR count). The van der Waals surface area contributed by atoms with E-state index in [1.54, 1.807) is 10.7 Å². The van der Waals surface area contributed by atoms with E-state index >= 15 is 0 Å². The molecule has 0 radical (unpaired) electrons. The average Bonchev–Trinajstić information content (AvgIpc) is 2.98. The number of hydrogen-bond acceptors (Lipinski definition) is 6. The van der Waals surface area contributed by atoms with Gasteiger partial charge in [0, 0.05) is 11.3 Å². The third kappa shape index (κ3) is 2.63. The number of nitrogen functional groups attached to an aromatic ring is 1. The maximum atomic E-state index is 11.9. The monoisotopic (exact) mass is 307 g/mol. The summed E-state index contributed by atoms with van der Waals surface area (Å²) >= 11 is 0. The summed E-state index contributed by atoms with van der Waals surface area (Å²) in [6.07, 6.45) is 1.38. The molecule has 0 saturated carbocycles. The predicted octanol–water partition coefficient (Wildman–Crippen LogP) is 0.808. The molecule has 0 aliphatic carbocycles. The second-order valence-electron chi connectivity index (χ2n) is 5.39. The fourth-order valence-corrected chi connectivity index (χ4v) is 4.51. The van der Waals surface area contributed by atoms with Crippen LogP contribution in [0.3, 0.4) is 0 Å². The lowest BCUT2D eigenvalue weighted by Gasteiger charge is -2.11. The summed E-state index contributed by atoms with van der Waals surface area (Å²) in [5, 5.41) is 11.3. The van der Waals surface area contributed by atoms with Gasteiger partial charge in [-0.05, 0) is 54.0 Å². The second-order valence-corrected chi connectivity index (χ2v) is 7.79. The number of nitrogens with two attached hydrogens (primary N) is 1. The molecule has 1 unspecified atom stereocenters. The number of sulfone groups is 1. The Labute approximate surface area is 123 Å². The number of nitrogens with zero attached hydrogens (tertiary/aromatic N) is 4. The van der Waals surface area contributed by atoms with Gasteiger partial charge in [-0.1, -0.05) is 0 Å². The van der Waals surface area contributed by atoms with Crippen molar-refractivity contribution in [1.82, 2.24) is 20.2 Å². The van der Waals surface area contributed by atoms with E-state index in [4.69, 9.17) is 5.73 Å². The van der Waals surface area contributed by atoms with Crippen molar-refractivity contribution < 1.29 is 8.42 Å². The second kappa shape index (κ2) is 5.10. The van der Waals surface area contributed by atoms with Crippen LogP contribution in [0.25, 0.3) is 11.4 Å². The number of aryl methyl sites for hydroxylation is 1. The summed E-state index contributed by atoms with van der Waals surface area (Å²) < 4.78 is 25.5. The van der Waals surface area contributed by atoms with Gasteiger partial charge < -0.3 is 5.73 Å². The minimum Gasteiger partial charge on any atom is -0.399 e. The fraction of sp³-hybridized carbons (Fsp3) is 0.462. The largest absolute Gasteiger partial charge is 0.399 e. The predicted molar refractivity (Wildman–Crippen MR) is 79.2 cm³/mol. The highest BCUT2D eigenvalue weighted by atomic mass is 32.2. The molecule has 1 aliphatic heterocycles. The summed E-state index contributed by atoms with van der Waals surface area (Å²) in [6, 6.07) is 5.49. The first-order valence-corrected chi connectivity index (χ1v) is 8.53. The van der Waals surface area contributed by atoms with Gasteiger partial charge in [-0.25, -0.2) is 13.1 Å². The highest BCUT2D eigenvalue weighted by molar-refractivity contribution is 7.92. The van der Waals surface area contributed by atoms with Gasteiger partial charge >= 0.3 is 0 Å². The van der Waals surface area contributed by atoms with Crippen molar-refractivity contribution in [3.63, 3.8) is 0 Å². The Morgan fingerprint density at radius 3 is 2.90 bits per heavy atom. The highest BCUT2D eigenvalue weighted by Crippen LogP contribution is 2.26. The van der Waals surface area contributed by atoms with E-state index in [9.17, 15) is 8.42 Å². The van der Waals surface area contributed by atoms with E-state index in [-0.39, 0.29) is 5.75 Å². The zero-order valence-corrected chi connectivity index (χ0v) is 12.5. The average molecular weight is 307 g/mol. The molecule has 1 aromatic heterocycles. The lowest BCUT2D eigenvalue weighted by atomic mass is 10.1. The van der Waals surface area contributed by atoms with Crippen LogP contribution in [0.1, 0.15) is 18.4 Å². The molecule has 2 N–H and O–H groups in total. The van der Waals surface area contributed by atoms with E-state index in [1.807, 2.05) is 19.1 Å². The molecule has 1 fully saturated rings. The molecule has 1 atom stereocenters. The van der Waals surface area contributed by atoms with Crippen molar-refractivity contribution in [3.05, 3.63) is 23.8 Å². The number of anilines is 1. The molecule has 21 heavy (non-hydrogen) atoms. The van der Waals surface area contributed by atoms with E-state index in [0.29, 0.717) is 30.9 Å². The molecular formula is C13H17N5O2S. The standard InChI is InChI=1S/C13H17N5O2S/c1-9-7-10(14)4-5-12(9)13-15-16-17-18(13)8-11-3-2-6-21(11,19)20/h4-5,7,11H,2-3,6,8,14H2,1H3. The van der Waals surface area contributed by atoms with Crippen molar-refractivity contribution in [1.29, 1.82) is 0 Å². The lowest BCUT2D eigenvalue weighted by molar-refractivity contribution is 0.534. The van der Waals surface area contributed by atoms with E-state index < -0.39 is 15.1 Å². The first-order chi connectivity index (χ1) is 9.97. The lowest BCUT2D eigenvalue weighted by Crippen LogP contribution is -2.23. The number of benzene rings is 1. The molecule has 112 valence electrons. The van der Waals surface area contributed by atoms with E-state index in [0.717, 1.165) is 11.1 Å². The fourth-order valence-electron chi connectivity index (χ4n) is 2.71. The summed E-state index contributed by atoms with van der Waals surface area (Å²) in [7, 11) is -3.02. The van der Waals surface area contributed by atoms with Crippen LogP contribution in [-0.4, -0.2) is 39.6 Å². The first kappa shape index (κ1) is 14.0. The maximum Gasteiger partial charge on any atom is 0.182 e. The normalized spacial score (nSPS) is 20.7. The summed E-state index contributed by atoms with van der Waals surface area (Å²) in [5.41, 5.74) is 8.25. The van der Waals surface area contributed by atoms with Crippen LogP contribution >= 0.6 is 0 Å². The minimum atomic E-state index is -3.02. The van der Waals surface area contributed by atoms with Crippen LogP contribution in [0, 0.1) is 6.92 Å². The van der Waals surface area contributed by atoms with Gasteiger partial charge in [0.25, 0.3) is 0 Å². The zero-order valence-electron chi connectivity index (χ0n) is 11.7. The SMILES string of the molecule is Cc1cc(N)ccc1-c1nnnn1CC1CCCS1(=O)=O. The molecule has 1 aromatic carbocycles. The molecule has 0 spiro atoms. The van der Waals surface area contributed by atoms with Gasteiger partial charge in [0.1, 0.15) is 0 Å². The van der Waals surface area contributed by atoms with Crippen molar-refractivity contribution >= 4 is 15.5 Å². The third-order valence-corrected chi connectivity index (χ3v) is 6.12. The number of hydrogen-bond donors (Lipinski definition) is 1. The molecule has 2 heterocycles. The van der Waals surface area contributed by atoms with E-state index in [1.165, 1.54) is 0 Å². The molecule has 7 nitrogen and oxygen atoms in total. The van der Waals surface area contributed by atoms with Gasteiger partial charge in [-0.3, -0.25) is 0 Å². The summed E-state index contributed by atoms with van der Waals surface area (Å²) in [5.74, 6) is 0.838. The Morgan fingerprint density at radius 1 is 1.43 bits per heavy atom. The quantitative estimate of drug-likeness (QED) is 0.841. The van der Waals surface area contributed by atoms with Crippen LogP contribution in [0.15, 0.2) is 18.2 Å². The maximum absolute atomic E-state index is 11.9. The molecule has 2 aromatic rings. The summed E-state index contributed by atoms with van der Waals surface area (Å²) in [6.45, 7) is 2.23. The van der Waals surface area contributed by atoms with Crippen LogP contribution in [0.5, 0.6) is 0 Å². The smallest absolute Gasteiger partial charge is 0.182 e. The van der Waals surface area contributed by atoms with Crippen LogP contribution in [0.4, 0.5) is 5.69 Å². The van der Waals surface area contributed by atoms with Crippen molar-refractivity contribution in [3.8, 4) is 11.4 Å². The van der Waals surface area contributed by atoms with Gasteiger partial charge in [-0.2, -0.15) is 0 Å². The van der Waals surface area contributed by atoms with E-state index in [2.05, 4.69) is 15.5 Å². The number of rotatable bonds is 3. The Balaban J connectivity index is 1.94. The zero-order chi connectivity index (χ0) is 15.0. The molecule has 0 bridgehead atoms. The number of tetrazole rings is 1. The molecule has 0 amide bonds. The Hall–Kier alpha value is -1.96. The van der Waals surface area contributed by atoms with Gasteiger partial charge in [0.05, 0.1) is 17.5 Å². The van der Waals surface area contributed by atoms with Crippen molar-refractivity contribution in [2.75, 3.05) is 11.5 Å². The van der Waals surface area contributed by atoms with Crippen LogP contribution < -0.4 is 5.73 Å². The van der Waals surface area contributed by atoms with Gasteiger partial charge in [0.15, 0.2) is 15.7 Å². The van der Waals surface area contributed by atoms with Crippen LogP contribution in [0.2, 0.25) is 0 Å². The Morgan fingerprint density at radius 2 is 2.24 bits per heavy atom.